The fraction of sp³-hybridized carbons (Fsp3) is 0.259. The molecule has 0 saturated carbocycles. The first-order chi connectivity index (χ1) is 15.1. The zero-order valence-corrected chi connectivity index (χ0v) is 18.1. The van der Waals surface area contributed by atoms with Gasteiger partial charge in [-0.05, 0) is 54.2 Å². The van der Waals surface area contributed by atoms with Crippen LogP contribution < -0.4 is 10.2 Å². The number of carbonyl (C=O) groups excluding carboxylic acids is 2. The summed E-state index contributed by atoms with van der Waals surface area (Å²) in [5, 5.41) is 3.08. The van der Waals surface area contributed by atoms with Gasteiger partial charge in [0.1, 0.15) is 0 Å². The Morgan fingerprint density at radius 2 is 1.74 bits per heavy atom. The summed E-state index contributed by atoms with van der Waals surface area (Å²) in [5.74, 6) is -0.0926. The Bertz CT molecular complexity index is 1090. The monoisotopic (exact) mass is 412 g/mol. The molecule has 3 aromatic carbocycles. The summed E-state index contributed by atoms with van der Waals surface area (Å²) >= 11 is 0. The van der Waals surface area contributed by atoms with Gasteiger partial charge in [0, 0.05) is 24.3 Å². The van der Waals surface area contributed by atoms with Crippen molar-refractivity contribution in [3.63, 3.8) is 0 Å². The summed E-state index contributed by atoms with van der Waals surface area (Å²) in [7, 11) is 0. The number of hydrogen-bond donors (Lipinski definition) is 1. The highest BCUT2D eigenvalue weighted by Crippen LogP contribution is 2.31. The molecule has 1 aliphatic rings. The molecule has 3 aromatic rings. The van der Waals surface area contributed by atoms with Crippen molar-refractivity contribution >= 4 is 17.5 Å². The number of nitrogens with zero attached hydrogens (tertiary/aromatic N) is 1. The molecule has 4 rings (SSSR count). The zero-order valence-electron chi connectivity index (χ0n) is 18.1. The summed E-state index contributed by atoms with van der Waals surface area (Å²) < 4.78 is 0. The maximum atomic E-state index is 13.1. The molecule has 0 saturated heterocycles. The standard InChI is InChI=1S/C27H28N2O2/c1-3-23(21-10-5-4-6-11-21)26(30)28-18-20-13-14-22-15-16-29(25(22)17-20)27(31)24-12-8-7-9-19(24)2/h4-14,17,23H,3,15-16,18H2,1-2H3,(H,28,30)/t23-/m0/s1. The van der Waals surface area contributed by atoms with E-state index in [1.807, 2.05) is 85.5 Å². The van der Waals surface area contributed by atoms with E-state index in [2.05, 4.69) is 11.4 Å². The van der Waals surface area contributed by atoms with Crippen LogP contribution in [0.3, 0.4) is 0 Å². The first-order valence-corrected chi connectivity index (χ1v) is 10.9. The molecule has 4 heteroatoms. The minimum absolute atomic E-state index is 0.0297. The molecule has 0 spiro atoms. The van der Waals surface area contributed by atoms with E-state index in [9.17, 15) is 9.59 Å². The van der Waals surface area contributed by atoms with Gasteiger partial charge in [-0.1, -0.05) is 67.6 Å². The summed E-state index contributed by atoms with van der Waals surface area (Å²) in [6.45, 7) is 5.13. The van der Waals surface area contributed by atoms with Crippen molar-refractivity contribution in [2.24, 2.45) is 0 Å². The topological polar surface area (TPSA) is 49.4 Å². The van der Waals surface area contributed by atoms with Gasteiger partial charge in [-0.2, -0.15) is 0 Å². The number of hydrogen-bond acceptors (Lipinski definition) is 2. The largest absolute Gasteiger partial charge is 0.351 e. The second-order valence-electron chi connectivity index (χ2n) is 8.07. The van der Waals surface area contributed by atoms with Gasteiger partial charge in [0.15, 0.2) is 0 Å². The molecule has 1 heterocycles. The van der Waals surface area contributed by atoms with E-state index in [4.69, 9.17) is 0 Å². The van der Waals surface area contributed by atoms with E-state index >= 15 is 0 Å². The van der Waals surface area contributed by atoms with Crippen LogP contribution in [0.5, 0.6) is 0 Å². The summed E-state index contributed by atoms with van der Waals surface area (Å²) in [6, 6.07) is 23.8. The molecule has 0 unspecified atom stereocenters. The van der Waals surface area contributed by atoms with Gasteiger partial charge >= 0.3 is 0 Å². The lowest BCUT2D eigenvalue weighted by molar-refractivity contribution is -0.122. The third-order valence-electron chi connectivity index (χ3n) is 6.06. The van der Waals surface area contributed by atoms with Crippen LogP contribution in [0, 0.1) is 6.92 Å². The molecule has 31 heavy (non-hydrogen) atoms. The van der Waals surface area contributed by atoms with Gasteiger partial charge in [0.05, 0.1) is 5.92 Å². The lowest BCUT2D eigenvalue weighted by Crippen LogP contribution is -2.30. The molecule has 0 radical (unpaired) electrons. The maximum Gasteiger partial charge on any atom is 0.258 e. The SMILES string of the molecule is CC[C@H](C(=O)NCc1ccc2c(c1)N(C(=O)c1ccccc1C)CC2)c1ccccc1. The van der Waals surface area contributed by atoms with Gasteiger partial charge in [-0.25, -0.2) is 0 Å². The van der Waals surface area contributed by atoms with Crippen molar-refractivity contribution in [3.05, 3.63) is 101 Å². The van der Waals surface area contributed by atoms with Crippen molar-refractivity contribution in [1.82, 2.24) is 5.32 Å². The highest BCUT2D eigenvalue weighted by atomic mass is 16.2. The normalized spacial score (nSPS) is 13.5. The molecular formula is C27H28N2O2. The molecule has 0 aromatic heterocycles. The number of benzene rings is 3. The number of anilines is 1. The van der Waals surface area contributed by atoms with Crippen LogP contribution in [-0.4, -0.2) is 18.4 Å². The van der Waals surface area contributed by atoms with Crippen LogP contribution in [0.15, 0.2) is 72.8 Å². The van der Waals surface area contributed by atoms with Crippen LogP contribution in [0.4, 0.5) is 5.69 Å². The second-order valence-corrected chi connectivity index (χ2v) is 8.07. The number of rotatable bonds is 6. The molecule has 2 amide bonds. The van der Waals surface area contributed by atoms with Crippen LogP contribution in [0.1, 0.15) is 51.9 Å². The van der Waals surface area contributed by atoms with Crippen LogP contribution in [-0.2, 0) is 17.8 Å². The lowest BCUT2D eigenvalue weighted by Gasteiger charge is -2.20. The smallest absolute Gasteiger partial charge is 0.258 e. The fourth-order valence-corrected chi connectivity index (χ4v) is 4.27. The number of aryl methyl sites for hydroxylation is 1. The average molecular weight is 413 g/mol. The predicted molar refractivity (Wildman–Crippen MR) is 124 cm³/mol. The van der Waals surface area contributed by atoms with Crippen molar-refractivity contribution in [3.8, 4) is 0 Å². The molecule has 1 N–H and O–H groups in total. The predicted octanol–water partition coefficient (Wildman–Crippen LogP) is 5.01. The maximum absolute atomic E-state index is 13.1. The Balaban J connectivity index is 1.48. The quantitative estimate of drug-likeness (QED) is 0.619. The third-order valence-corrected chi connectivity index (χ3v) is 6.06. The Kier molecular flexibility index (Phi) is 6.17. The van der Waals surface area contributed by atoms with Gasteiger partial charge in [-0.3, -0.25) is 9.59 Å². The van der Waals surface area contributed by atoms with E-state index in [1.54, 1.807) is 0 Å². The van der Waals surface area contributed by atoms with Gasteiger partial charge in [0.25, 0.3) is 5.91 Å². The molecule has 1 aliphatic heterocycles. The lowest BCUT2D eigenvalue weighted by atomic mass is 9.95. The van der Waals surface area contributed by atoms with Crippen molar-refractivity contribution in [2.45, 2.75) is 39.2 Å². The van der Waals surface area contributed by atoms with Crippen LogP contribution in [0.25, 0.3) is 0 Å². The van der Waals surface area contributed by atoms with Gasteiger partial charge < -0.3 is 10.2 Å². The third kappa shape index (κ3) is 4.38. The Morgan fingerprint density at radius 3 is 2.48 bits per heavy atom. The summed E-state index contributed by atoms with van der Waals surface area (Å²) in [6.07, 6.45) is 1.60. The fourth-order valence-electron chi connectivity index (χ4n) is 4.27. The molecular weight excluding hydrogens is 384 g/mol. The van der Waals surface area contributed by atoms with Crippen molar-refractivity contribution in [2.75, 3.05) is 11.4 Å². The Hall–Kier alpha value is -3.40. The van der Waals surface area contributed by atoms with E-state index in [1.165, 1.54) is 5.56 Å². The summed E-state index contributed by atoms with van der Waals surface area (Å²) in [4.78, 5) is 27.8. The molecule has 4 nitrogen and oxygen atoms in total. The average Bonchev–Trinajstić information content (AvgIpc) is 3.22. The van der Waals surface area contributed by atoms with E-state index < -0.39 is 0 Å². The number of amides is 2. The molecule has 1 atom stereocenters. The molecule has 0 bridgehead atoms. The minimum Gasteiger partial charge on any atom is -0.351 e. The first kappa shape index (κ1) is 20.9. The highest BCUT2D eigenvalue weighted by molar-refractivity contribution is 6.08. The van der Waals surface area contributed by atoms with Crippen LogP contribution >= 0.6 is 0 Å². The number of fused-ring (bicyclic) bond motifs is 1. The van der Waals surface area contributed by atoms with Crippen LogP contribution in [0.2, 0.25) is 0 Å². The van der Waals surface area contributed by atoms with E-state index in [-0.39, 0.29) is 17.7 Å². The van der Waals surface area contributed by atoms with E-state index in [0.29, 0.717) is 13.1 Å². The van der Waals surface area contributed by atoms with Gasteiger partial charge in [0.2, 0.25) is 5.91 Å². The second kappa shape index (κ2) is 9.17. The van der Waals surface area contributed by atoms with Crippen molar-refractivity contribution in [1.29, 1.82) is 0 Å². The summed E-state index contributed by atoms with van der Waals surface area (Å²) in [5.41, 5.74) is 5.88. The Morgan fingerprint density at radius 1 is 1.00 bits per heavy atom. The van der Waals surface area contributed by atoms with Crippen molar-refractivity contribution < 1.29 is 9.59 Å². The minimum atomic E-state index is -0.158. The molecule has 158 valence electrons. The van der Waals surface area contributed by atoms with E-state index in [0.717, 1.165) is 40.8 Å². The molecule has 0 aliphatic carbocycles. The molecule has 0 fully saturated rings. The highest BCUT2D eigenvalue weighted by Gasteiger charge is 2.26. The Labute approximate surface area is 183 Å². The van der Waals surface area contributed by atoms with Gasteiger partial charge in [-0.15, -0.1) is 0 Å². The zero-order chi connectivity index (χ0) is 21.8. The number of nitrogens with one attached hydrogen (secondary N) is 1. The first-order valence-electron chi connectivity index (χ1n) is 10.9. The number of carbonyl (C=O) groups is 2.